The summed E-state index contributed by atoms with van der Waals surface area (Å²) in [5, 5.41) is 9.46. The van der Waals surface area contributed by atoms with Crippen molar-refractivity contribution in [3.63, 3.8) is 0 Å². The fraction of sp³-hybridized carbons (Fsp3) is 0.455. The van der Waals surface area contributed by atoms with Crippen LogP contribution in [0.2, 0.25) is 5.02 Å². The molecule has 0 aromatic heterocycles. The van der Waals surface area contributed by atoms with Crippen LogP contribution < -0.4 is 0 Å². The molecule has 2 rings (SSSR count). The van der Waals surface area contributed by atoms with Crippen LogP contribution in [-0.4, -0.2) is 24.4 Å². The minimum atomic E-state index is -0.321. The van der Waals surface area contributed by atoms with Crippen molar-refractivity contribution in [3.05, 3.63) is 34.9 Å². The van der Waals surface area contributed by atoms with Gasteiger partial charge in [0.25, 0.3) is 0 Å². The zero-order chi connectivity index (χ0) is 10.7. The minimum absolute atomic E-state index is 0.00400. The molecule has 0 aliphatic carbocycles. The van der Waals surface area contributed by atoms with Crippen molar-refractivity contribution in [2.24, 2.45) is 0 Å². The van der Waals surface area contributed by atoms with Crippen molar-refractivity contribution >= 4 is 11.6 Å². The molecule has 2 unspecified atom stereocenters. The normalized spacial score (nSPS) is 25.7. The topological polar surface area (TPSA) is 38.7 Å². The molecule has 1 saturated heterocycles. The van der Waals surface area contributed by atoms with Gasteiger partial charge < -0.3 is 14.6 Å². The minimum Gasteiger partial charge on any atom is -0.396 e. The molecule has 3 nitrogen and oxygen atoms in total. The highest BCUT2D eigenvalue weighted by Gasteiger charge is 2.26. The van der Waals surface area contributed by atoms with Gasteiger partial charge in [0, 0.05) is 17.2 Å². The van der Waals surface area contributed by atoms with Crippen LogP contribution >= 0.6 is 11.6 Å². The predicted molar refractivity (Wildman–Crippen MR) is 56.7 cm³/mol. The van der Waals surface area contributed by atoms with Crippen LogP contribution in [-0.2, 0) is 9.47 Å². The summed E-state index contributed by atoms with van der Waals surface area (Å²) in [4.78, 5) is 0. The van der Waals surface area contributed by atoms with E-state index in [1.807, 2.05) is 24.3 Å². The largest absolute Gasteiger partial charge is 0.396 e. The highest BCUT2D eigenvalue weighted by atomic mass is 35.5. The molecule has 15 heavy (non-hydrogen) atoms. The Kier molecular flexibility index (Phi) is 3.59. The molecule has 1 aliphatic rings. The van der Waals surface area contributed by atoms with Crippen molar-refractivity contribution in [1.82, 2.24) is 0 Å². The molecule has 1 aromatic carbocycles. The number of ether oxygens (including phenoxy) is 2. The van der Waals surface area contributed by atoms with Gasteiger partial charge in [-0.2, -0.15) is 0 Å². The maximum atomic E-state index is 8.77. The monoisotopic (exact) mass is 228 g/mol. The summed E-state index contributed by atoms with van der Waals surface area (Å²) in [5.74, 6) is 0. The van der Waals surface area contributed by atoms with E-state index in [1.165, 1.54) is 0 Å². The quantitative estimate of drug-likeness (QED) is 0.862. The molecular formula is C11H13ClO3. The van der Waals surface area contributed by atoms with Crippen LogP contribution in [0.5, 0.6) is 0 Å². The number of halogens is 1. The summed E-state index contributed by atoms with van der Waals surface area (Å²) < 4.78 is 11.1. The molecule has 1 aliphatic heterocycles. The Labute approximate surface area is 93.6 Å². The fourth-order valence-electron chi connectivity index (χ4n) is 1.54. The lowest BCUT2D eigenvalue weighted by Gasteiger charge is -2.10. The molecule has 0 bridgehead atoms. The maximum absolute atomic E-state index is 8.77. The van der Waals surface area contributed by atoms with Crippen molar-refractivity contribution in [2.75, 3.05) is 13.2 Å². The van der Waals surface area contributed by atoms with E-state index in [-0.39, 0.29) is 19.0 Å². The highest BCUT2D eigenvalue weighted by Crippen LogP contribution is 2.28. The van der Waals surface area contributed by atoms with Crippen LogP contribution in [0.4, 0.5) is 0 Å². The zero-order valence-electron chi connectivity index (χ0n) is 8.23. The van der Waals surface area contributed by atoms with E-state index < -0.39 is 0 Å². The van der Waals surface area contributed by atoms with E-state index in [9.17, 15) is 0 Å². The predicted octanol–water partition coefficient (Wildman–Crippen LogP) is 2.14. The third kappa shape index (κ3) is 2.69. The van der Waals surface area contributed by atoms with Gasteiger partial charge in [0.05, 0.1) is 12.7 Å². The molecule has 82 valence electrons. The molecule has 0 spiro atoms. The van der Waals surface area contributed by atoms with Crippen molar-refractivity contribution < 1.29 is 14.6 Å². The summed E-state index contributed by atoms with van der Waals surface area (Å²) in [7, 11) is 0. The van der Waals surface area contributed by atoms with Crippen LogP contribution in [0, 0.1) is 0 Å². The lowest BCUT2D eigenvalue weighted by Crippen LogP contribution is -2.11. The molecule has 0 radical (unpaired) electrons. The molecule has 2 atom stereocenters. The van der Waals surface area contributed by atoms with Crippen molar-refractivity contribution in [2.45, 2.75) is 18.8 Å². The van der Waals surface area contributed by atoms with Gasteiger partial charge >= 0.3 is 0 Å². The molecule has 1 N–H and O–H groups in total. The summed E-state index contributed by atoms with van der Waals surface area (Å²) >= 11 is 5.78. The average molecular weight is 229 g/mol. The average Bonchev–Trinajstić information content (AvgIpc) is 2.68. The number of aliphatic hydroxyl groups is 1. The number of rotatable bonds is 3. The molecular weight excluding hydrogens is 216 g/mol. The second-order valence-electron chi connectivity index (χ2n) is 3.49. The number of hydrogen-bond acceptors (Lipinski definition) is 3. The second-order valence-corrected chi connectivity index (χ2v) is 3.92. The summed E-state index contributed by atoms with van der Waals surface area (Å²) in [5.41, 5.74) is 0.958. The number of aliphatic hydroxyl groups excluding tert-OH is 1. The Bertz CT molecular complexity index is 312. The third-order valence-corrected chi connectivity index (χ3v) is 2.59. The van der Waals surface area contributed by atoms with Gasteiger partial charge in [-0.25, -0.2) is 0 Å². The molecule has 0 saturated carbocycles. The van der Waals surface area contributed by atoms with Crippen molar-refractivity contribution in [1.29, 1.82) is 0 Å². The van der Waals surface area contributed by atoms with Gasteiger partial charge in [0.15, 0.2) is 6.29 Å². The van der Waals surface area contributed by atoms with E-state index in [4.69, 9.17) is 26.2 Å². The van der Waals surface area contributed by atoms with Crippen LogP contribution in [0.15, 0.2) is 24.3 Å². The molecule has 4 heteroatoms. The van der Waals surface area contributed by atoms with Gasteiger partial charge in [-0.15, -0.1) is 0 Å². The maximum Gasteiger partial charge on any atom is 0.184 e. The summed E-state index contributed by atoms with van der Waals surface area (Å²) in [6.45, 7) is 0.662. The Morgan fingerprint density at radius 3 is 2.73 bits per heavy atom. The highest BCUT2D eigenvalue weighted by molar-refractivity contribution is 6.30. The zero-order valence-corrected chi connectivity index (χ0v) is 8.98. The van der Waals surface area contributed by atoms with Crippen LogP contribution in [0.1, 0.15) is 18.3 Å². The Hall–Kier alpha value is -0.610. The smallest absolute Gasteiger partial charge is 0.184 e. The lowest BCUT2D eigenvalue weighted by atomic mass is 10.2. The van der Waals surface area contributed by atoms with Crippen LogP contribution in [0.3, 0.4) is 0 Å². The Morgan fingerprint density at radius 2 is 2.07 bits per heavy atom. The molecule has 1 heterocycles. The Morgan fingerprint density at radius 1 is 1.33 bits per heavy atom. The SMILES string of the molecule is OCCC1COC(c2ccc(Cl)cc2)O1. The van der Waals surface area contributed by atoms with E-state index in [2.05, 4.69) is 0 Å². The summed E-state index contributed by atoms with van der Waals surface area (Å²) in [6.07, 6.45) is 0.291. The van der Waals surface area contributed by atoms with E-state index >= 15 is 0 Å². The number of hydrogen-bond donors (Lipinski definition) is 1. The van der Waals surface area contributed by atoms with Gasteiger partial charge in [0.1, 0.15) is 0 Å². The van der Waals surface area contributed by atoms with Gasteiger partial charge in [-0.3, -0.25) is 0 Å². The molecule has 1 fully saturated rings. The first-order valence-electron chi connectivity index (χ1n) is 4.93. The second kappa shape index (κ2) is 4.94. The molecule has 0 amide bonds. The first-order chi connectivity index (χ1) is 7.29. The number of benzene rings is 1. The molecule has 1 aromatic rings. The van der Waals surface area contributed by atoms with Crippen molar-refractivity contribution in [3.8, 4) is 0 Å². The Balaban J connectivity index is 1.98. The van der Waals surface area contributed by atoms with Gasteiger partial charge in [0.2, 0.25) is 0 Å². The standard InChI is InChI=1S/C11H13ClO3/c12-9-3-1-8(2-4-9)11-14-7-10(15-11)5-6-13/h1-4,10-11,13H,5-7H2. The summed E-state index contributed by atoms with van der Waals surface area (Å²) in [6, 6.07) is 7.38. The van der Waals surface area contributed by atoms with E-state index in [0.29, 0.717) is 18.1 Å². The first kappa shape index (κ1) is 10.9. The van der Waals surface area contributed by atoms with Gasteiger partial charge in [-0.05, 0) is 18.6 Å². The lowest BCUT2D eigenvalue weighted by molar-refractivity contribution is -0.0627. The first-order valence-corrected chi connectivity index (χ1v) is 5.31. The van der Waals surface area contributed by atoms with Crippen LogP contribution in [0.25, 0.3) is 0 Å². The van der Waals surface area contributed by atoms with E-state index in [0.717, 1.165) is 5.56 Å². The van der Waals surface area contributed by atoms with E-state index in [1.54, 1.807) is 0 Å². The fourth-order valence-corrected chi connectivity index (χ4v) is 1.66. The third-order valence-electron chi connectivity index (χ3n) is 2.34. The van der Waals surface area contributed by atoms with Gasteiger partial charge in [-0.1, -0.05) is 23.7 Å².